The van der Waals surface area contributed by atoms with Crippen molar-refractivity contribution in [3.8, 4) is 0 Å². The van der Waals surface area contributed by atoms with E-state index in [1.807, 2.05) is 43.3 Å². The standard InChI is InChI=1S/C19H22N6O/c1-14-11-17(25-19(23-14)21-13-22-25)24-9-7-16(8-10-24)18(26)20-12-15-5-3-2-4-6-15/h2-6,11,13,16H,7-10,12H2,1H3,(H,20,26). The topological polar surface area (TPSA) is 75.4 Å². The third-order valence-electron chi connectivity index (χ3n) is 4.86. The largest absolute Gasteiger partial charge is 0.356 e. The first-order valence-electron chi connectivity index (χ1n) is 8.94. The molecule has 7 heteroatoms. The quantitative estimate of drug-likeness (QED) is 0.778. The number of carbonyl (C=O) groups excluding carboxylic acids is 1. The highest BCUT2D eigenvalue weighted by atomic mass is 16.1. The zero-order chi connectivity index (χ0) is 17.9. The van der Waals surface area contributed by atoms with Gasteiger partial charge < -0.3 is 10.2 Å². The van der Waals surface area contributed by atoms with Gasteiger partial charge in [0.2, 0.25) is 5.91 Å². The van der Waals surface area contributed by atoms with E-state index >= 15 is 0 Å². The molecule has 134 valence electrons. The Bertz CT molecular complexity index is 899. The number of fused-ring (bicyclic) bond motifs is 1. The number of hydrogen-bond donors (Lipinski definition) is 1. The maximum atomic E-state index is 12.5. The number of carbonyl (C=O) groups is 1. The molecule has 0 saturated carbocycles. The van der Waals surface area contributed by atoms with Gasteiger partial charge in [-0.05, 0) is 25.3 Å². The van der Waals surface area contributed by atoms with Gasteiger partial charge in [-0.2, -0.15) is 14.6 Å². The van der Waals surface area contributed by atoms with Crippen LogP contribution in [-0.2, 0) is 11.3 Å². The molecule has 1 aromatic carbocycles. The Morgan fingerprint density at radius 1 is 1.23 bits per heavy atom. The van der Waals surface area contributed by atoms with Gasteiger partial charge in [-0.3, -0.25) is 4.79 Å². The van der Waals surface area contributed by atoms with Gasteiger partial charge >= 0.3 is 0 Å². The summed E-state index contributed by atoms with van der Waals surface area (Å²) in [5.74, 6) is 1.81. The van der Waals surface area contributed by atoms with Crippen LogP contribution in [0.25, 0.3) is 5.78 Å². The maximum absolute atomic E-state index is 12.5. The van der Waals surface area contributed by atoms with Crippen LogP contribution in [-0.4, -0.2) is 38.6 Å². The van der Waals surface area contributed by atoms with Crippen molar-refractivity contribution in [2.24, 2.45) is 5.92 Å². The second-order valence-electron chi connectivity index (χ2n) is 6.69. The van der Waals surface area contributed by atoms with Crippen molar-refractivity contribution in [1.29, 1.82) is 0 Å². The van der Waals surface area contributed by atoms with Gasteiger partial charge in [-0.25, -0.2) is 4.98 Å². The molecule has 7 nitrogen and oxygen atoms in total. The number of anilines is 1. The fraction of sp³-hybridized carbons (Fsp3) is 0.368. The third-order valence-corrected chi connectivity index (χ3v) is 4.86. The molecular formula is C19H22N6O. The fourth-order valence-electron chi connectivity index (χ4n) is 3.44. The highest BCUT2D eigenvalue weighted by Gasteiger charge is 2.26. The average molecular weight is 350 g/mol. The lowest BCUT2D eigenvalue weighted by Gasteiger charge is -2.32. The van der Waals surface area contributed by atoms with Crippen LogP contribution in [0.4, 0.5) is 5.82 Å². The Hall–Kier alpha value is -2.96. The van der Waals surface area contributed by atoms with Gasteiger partial charge in [0.05, 0.1) is 0 Å². The Labute approximate surface area is 152 Å². The van der Waals surface area contributed by atoms with Gasteiger partial charge in [0.1, 0.15) is 12.1 Å². The number of amides is 1. The molecule has 2 aromatic heterocycles. The van der Waals surface area contributed by atoms with Crippen LogP contribution in [0.1, 0.15) is 24.1 Å². The zero-order valence-corrected chi connectivity index (χ0v) is 14.8. The number of aryl methyl sites for hydroxylation is 1. The molecule has 0 unspecified atom stereocenters. The molecule has 26 heavy (non-hydrogen) atoms. The molecule has 1 fully saturated rings. The molecule has 0 bridgehead atoms. The summed E-state index contributed by atoms with van der Waals surface area (Å²) in [5.41, 5.74) is 2.04. The van der Waals surface area contributed by atoms with E-state index in [9.17, 15) is 4.79 Å². The molecule has 0 aliphatic carbocycles. The molecule has 3 heterocycles. The van der Waals surface area contributed by atoms with Crippen molar-refractivity contribution in [2.45, 2.75) is 26.3 Å². The number of nitrogens with one attached hydrogen (secondary N) is 1. The van der Waals surface area contributed by atoms with E-state index < -0.39 is 0 Å². The highest BCUT2D eigenvalue weighted by molar-refractivity contribution is 5.79. The van der Waals surface area contributed by atoms with Crippen molar-refractivity contribution in [1.82, 2.24) is 24.9 Å². The fourth-order valence-corrected chi connectivity index (χ4v) is 3.44. The first kappa shape index (κ1) is 16.5. The molecular weight excluding hydrogens is 328 g/mol. The van der Waals surface area contributed by atoms with Crippen LogP contribution < -0.4 is 10.2 Å². The third kappa shape index (κ3) is 3.37. The van der Waals surface area contributed by atoms with Gasteiger partial charge in [0, 0.05) is 37.3 Å². The van der Waals surface area contributed by atoms with E-state index in [-0.39, 0.29) is 11.8 Å². The summed E-state index contributed by atoms with van der Waals surface area (Å²) in [6, 6.07) is 12.0. The molecule has 3 aromatic rings. The van der Waals surface area contributed by atoms with Gasteiger partial charge in [0.15, 0.2) is 0 Å². The van der Waals surface area contributed by atoms with Crippen LogP contribution in [0.2, 0.25) is 0 Å². The molecule has 4 rings (SSSR count). The average Bonchev–Trinajstić information content (AvgIpc) is 3.15. The van der Waals surface area contributed by atoms with E-state index in [0.717, 1.165) is 43.0 Å². The molecule has 1 aliphatic rings. The van der Waals surface area contributed by atoms with Crippen LogP contribution in [0.15, 0.2) is 42.7 Å². The Balaban J connectivity index is 1.37. The van der Waals surface area contributed by atoms with Crippen LogP contribution in [0, 0.1) is 12.8 Å². The minimum atomic E-state index is 0.0594. The summed E-state index contributed by atoms with van der Waals surface area (Å²) in [5, 5.41) is 7.34. The summed E-state index contributed by atoms with van der Waals surface area (Å²) < 4.78 is 1.77. The second-order valence-corrected chi connectivity index (χ2v) is 6.69. The van der Waals surface area contributed by atoms with E-state index in [0.29, 0.717) is 12.3 Å². The van der Waals surface area contributed by atoms with Crippen LogP contribution in [0.3, 0.4) is 0 Å². The predicted octanol–water partition coefficient (Wildman–Crippen LogP) is 1.97. The summed E-state index contributed by atoms with van der Waals surface area (Å²) >= 11 is 0. The van der Waals surface area contributed by atoms with E-state index in [1.165, 1.54) is 6.33 Å². The molecule has 1 N–H and O–H groups in total. The van der Waals surface area contributed by atoms with E-state index in [2.05, 4.69) is 25.3 Å². The van der Waals surface area contributed by atoms with E-state index in [1.54, 1.807) is 4.52 Å². The molecule has 1 amide bonds. The normalized spacial score (nSPS) is 15.3. The summed E-state index contributed by atoms with van der Waals surface area (Å²) in [4.78, 5) is 23.3. The minimum Gasteiger partial charge on any atom is -0.356 e. The smallest absolute Gasteiger partial charge is 0.254 e. The lowest BCUT2D eigenvalue weighted by atomic mass is 9.96. The highest BCUT2D eigenvalue weighted by Crippen LogP contribution is 2.24. The maximum Gasteiger partial charge on any atom is 0.254 e. The number of aromatic nitrogens is 4. The monoisotopic (exact) mass is 350 g/mol. The molecule has 0 spiro atoms. The van der Waals surface area contributed by atoms with Crippen molar-refractivity contribution in [2.75, 3.05) is 18.0 Å². The SMILES string of the molecule is Cc1cc(N2CCC(C(=O)NCc3ccccc3)CC2)n2ncnc2n1. The van der Waals surface area contributed by atoms with Crippen molar-refractivity contribution in [3.05, 3.63) is 54.0 Å². The molecule has 1 aliphatic heterocycles. The van der Waals surface area contributed by atoms with Gasteiger partial charge in [-0.15, -0.1) is 0 Å². The van der Waals surface area contributed by atoms with Crippen molar-refractivity contribution < 1.29 is 4.79 Å². The van der Waals surface area contributed by atoms with Crippen LogP contribution in [0.5, 0.6) is 0 Å². The van der Waals surface area contributed by atoms with E-state index in [4.69, 9.17) is 0 Å². The Kier molecular flexibility index (Phi) is 4.51. The predicted molar refractivity (Wildman–Crippen MR) is 98.7 cm³/mol. The van der Waals surface area contributed by atoms with Crippen molar-refractivity contribution >= 4 is 17.5 Å². The summed E-state index contributed by atoms with van der Waals surface area (Å²) in [7, 11) is 0. The number of rotatable bonds is 4. The number of benzene rings is 1. The Morgan fingerprint density at radius 3 is 2.77 bits per heavy atom. The Morgan fingerprint density at radius 2 is 2.00 bits per heavy atom. The van der Waals surface area contributed by atoms with Gasteiger partial charge in [0.25, 0.3) is 5.78 Å². The second kappa shape index (κ2) is 7.11. The zero-order valence-electron chi connectivity index (χ0n) is 14.8. The molecule has 1 saturated heterocycles. The van der Waals surface area contributed by atoms with Gasteiger partial charge in [-0.1, -0.05) is 30.3 Å². The summed E-state index contributed by atoms with van der Waals surface area (Å²) in [6.07, 6.45) is 3.19. The summed E-state index contributed by atoms with van der Waals surface area (Å²) in [6.45, 7) is 4.19. The molecule has 0 radical (unpaired) electrons. The lowest BCUT2D eigenvalue weighted by Crippen LogP contribution is -2.41. The number of hydrogen-bond acceptors (Lipinski definition) is 5. The number of nitrogens with zero attached hydrogens (tertiary/aromatic N) is 5. The number of piperidine rings is 1. The first-order chi connectivity index (χ1) is 12.7. The lowest BCUT2D eigenvalue weighted by molar-refractivity contribution is -0.125. The minimum absolute atomic E-state index is 0.0594. The van der Waals surface area contributed by atoms with Crippen molar-refractivity contribution in [3.63, 3.8) is 0 Å². The van der Waals surface area contributed by atoms with Crippen LogP contribution >= 0.6 is 0 Å². The first-order valence-corrected chi connectivity index (χ1v) is 8.94. The molecule has 0 atom stereocenters.